The molecular formula is C27H27NO3. The molecule has 4 heteroatoms. The monoisotopic (exact) mass is 413 g/mol. The number of para-hydroxylation sites is 1. The molecule has 1 aliphatic rings. The van der Waals surface area contributed by atoms with E-state index in [1.54, 1.807) is 23.1 Å². The lowest BCUT2D eigenvalue weighted by Gasteiger charge is -2.24. The van der Waals surface area contributed by atoms with E-state index in [0.29, 0.717) is 23.4 Å². The normalized spacial score (nSPS) is 17.7. The van der Waals surface area contributed by atoms with Crippen molar-refractivity contribution in [2.24, 2.45) is 0 Å². The van der Waals surface area contributed by atoms with Crippen LogP contribution in [0.25, 0.3) is 0 Å². The standard InChI is InChI=1S/C27H27NO3/c1-17-10-12-22(20(4)13-17)25(29)15-27(31)23-7-5-6-8-24(23)28(26(27)30)16-21-14-18(2)9-11-19(21)3/h5-14,31H,15-16H2,1-4H3/t27-/m0/s1. The highest BCUT2D eigenvalue weighted by Crippen LogP contribution is 2.43. The van der Waals surface area contributed by atoms with E-state index < -0.39 is 11.5 Å². The Bertz CT molecular complexity index is 1200. The minimum absolute atomic E-state index is 0.239. The first-order chi connectivity index (χ1) is 14.7. The lowest BCUT2D eigenvalue weighted by atomic mass is 9.87. The zero-order chi connectivity index (χ0) is 22.3. The number of carbonyl (C=O) groups excluding carboxylic acids is 2. The summed E-state index contributed by atoms with van der Waals surface area (Å²) in [5.74, 6) is -0.690. The first-order valence-corrected chi connectivity index (χ1v) is 10.5. The third-order valence-electron chi connectivity index (χ3n) is 6.17. The molecule has 0 aliphatic carbocycles. The van der Waals surface area contributed by atoms with Crippen LogP contribution >= 0.6 is 0 Å². The van der Waals surface area contributed by atoms with Crippen LogP contribution < -0.4 is 4.90 Å². The second-order valence-electron chi connectivity index (χ2n) is 8.62. The summed E-state index contributed by atoms with van der Waals surface area (Å²) in [5.41, 5.74) is 4.94. The van der Waals surface area contributed by atoms with Gasteiger partial charge >= 0.3 is 0 Å². The molecule has 3 aromatic rings. The third kappa shape index (κ3) is 3.68. The maximum atomic E-state index is 13.5. The fourth-order valence-corrected chi connectivity index (χ4v) is 4.43. The van der Waals surface area contributed by atoms with Crippen molar-refractivity contribution in [2.75, 3.05) is 4.90 Å². The molecular weight excluding hydrogens is 386 g/mol. The molecule has 3 aromatic carbocycles. The van der Waals surface area contributed by atoms with Crippen LogP contribution in [0.3, 0.4) is 0 Å². The molecule has 1 heterocycles. The van der Waals surface area contributed by atoms with Crippen LogP contribution in [0.4, 0.5) is 5.69 Å². The molecule has 1 atom stereocenters. The van der Waals surface area contributed by atoms with Crippen molar-refractivity contribution in [3.05, 3.63) is 99.6 Å². The molecule has 4 nitrogen and oxygen atoms in total. The first kappa shape index (κ1) is 21.0. The number of carbonyl (C=O) groups is 2. The molecule has 0 aromatic heterocycles. The maximum Gasteiger partial charge on any atom is 0.264 e. The number of ketones is 1. The van der Waals surface area contributed by atoms with Crippen LogP contribution in [0, 0.1) is 27.7 Å². The summed E-state index contributed by atoms with van der Waals surface area (Å²) in [6.07, 6.45) is -0.282. The van der Waals surface area contributed by atoms with E-state index >= 15 is 0 Å². The summed E-state index contributed by atoms with van der Waals surface area (Å²) < 4.78 is 0. The number of anilines is 1. The Balaban J connectivity index is 1.71. The van der Waals surface area contributed by atoms with Gasteiger partial charge < -0.3 is 10.0 Å². The minimum Gasteiger partial charge on any atom is -0.375 e. The van der Waals surface area contributed by atoms with Gasteiger partial charge in [0.25, 0.3) is 5.91 Å². The van der Waals surface area contributed by atoms with Crippen LogP contribution in [0.2, 0.25) is 0 Å². The highest BCUT2D eigenvalue weighted by atomic mass is 16.3. The third-order valence-corrected chi connectivity index (χ3v) is 6.17. The van der Waals surface area contributed by atoms with Crippen molar-refractivity contribution in [3.63, 3.8) is 0 Å². The van der Waals surface area contributed by atoms with Gasteiger partial charge in [-0.2, -0.15) is 0 Å². The van der Waals surface area contributed by atoms with E-state index in [2.05, 4.69) is 6.07 Å². The zero-order valence-corrected chi connectivity index (χ0v) is 18.4. The summed E-state index contributed by atoms with van der Waals surface area (Å²) in [4.78, 5) is 28.2. The number of hydrogen-bond acceptors (Lipinski definition) is 3. The molecule has 0 saturated heterocycles. The predicted octanol–water partition coefficient (Wildman–Crippen LogP) is 4.93. The molecule has 1 amide bonds. The average Bonchev–Trinajstić information content (AvgIpc) is 2.92. The van der Waals surface area contributed by atoms with Gasteiger partial charge in [-0.05, 0) is 50.5 Å². The van der Waals surface area contributed by atoms with Crippen molar-refractivity contribution >= 4 is 17.4 Å². The van der Waals surface area contributed by atoms with E-state index in [4.69, 9.17) is 0 Å². The van der Waals surface area contributed by atoms with Gasteiger partial charge in [0.15, 0.2) is 11.4 Å². The summed E-state index contributed by atoms with van der Waals surface area (Å²) in [7, 11) is 0. The number of aryl methyl sites for hydroxylation is 4. The van der Waals surface area contributed by atoms with Crippen molar-refractivity contribution in [2.45, 2.75) is 46.3 Å². The van der Waals surface area contributed by atoms with Gasteiger partial charge in [-0.3, -0.25) is 9.59 Å². The molecule has 158 valence electrons. The van der Waals surface area contributed by atoms with Gasteiger partial charge in [-0.1, -0.05) is 65.7 Å². The van der Waals surface area contributed by atoms with Crippen molar-refractivity contribution in [3.8, 4) is 0 Å². The number of fused-ring (bicyclic) bond motifs is 1. The fraction of sp³-hybridized carbons (Fsp3) is 0.259. The van der Waals surface area contributed by atoms with E-state index in [0.717, 1.165) is 27.8 Å². The summed E-state index contributed by atoms with van der Waals surface area (Å²) >= 11 is 0. The molecule has 0 unspecified atom stereocenters. The van der Waals surface area contributed by atoms with Crippen LogP contribution in [0.1, 0.15) is 50.2 Å². The number of aliphatic hydroxyl groups is 1. The maximum absolute atomic E-state index is 13.5. The number of Topliss-reactive ketones (excluding diaryl/α,β-unsaturated/α-hetero) is 1. The average molecular weight is 414 g/mol. The van der Waals surface area contributed by atoms with E-state index in [1.165, 1.54) is 0 Å². The largest absolute Gasteiger partial charge is 0.375 e. The van der Waals surface area contributed by atoms with Gasteiger partial charge in [0.05, 0.1) is 18.7 Å². The Hall–Kier alpha value is -3.24. The topological polar surface area (TPSA) is 57.6 Å². The molecule has 0 bridgehead atoms. The van der Waals surface area contributed by atoms with Gasteiger partial charge in [-0.25, -0.2) is 0 Å². The summed E-state index contributed by atoms with van der Waals surface area (Å²) in [6, 6.07) is 18.9. The predicted molar refractivity (Wildman–Crippen MR) is 122 cm³/mol. The van der Waals surface area contributed by atoms with Crippen molar-refractivity contribution < 1.29 is 14.7 Å². The summed E-state index contributed by atoms with van der Waals surface area (Å²) in [6.45, 7) is 8.22. The second kappa shape index (κ2) is 7.78. The van der Waals surface area contributed by atoms with E-state index in [-0.39, 0.29) is 12.2 Å². The second-order valence-corrected chi connectivity index (χ2v) is 8.62. The quantitative estimate of drug-likeness (QED) is 0.604. The Morgan fingerprint density at radius 3 is 2.32 bits per heavy atom. The van der Waals surface area contributed by atoms with Crippen molar-refractivity contribution in [1.29, 1.82) is 0 Å². The molecule has 31 heavy (non-hydrogen) atoms. The SMILES string of the molecule is Cc1ccc(C(=O)C[C@@]2(O)C(=O)N(Cc3cc(C)ccc3C)c3ccccc32)c(C)c1. The van der Waals surface area contributed by atoms with Gasteiger partial charge in [0.2, 0.25) is 0 Å². The zero-order valence-electron chi connectivity index (χ0n) is 18.4. The van der Waals surface area contributed by atoms with Gasteiger partial charge in [0.1, 0.15) is 0 Å². The Labute approximate surface area is 183 Å². The first-order valence-electron chi connectivity index (χ1n) is 10.5. The fourth-order valence-electron chi connectivity index (χ4n) is 4.43. The number of hydrogen-bond donors (Lipinski definition) is 1. The molecule has 0 saturated carbocycles. The molecule has 0 spiro atoms. The number of rotatable bonds is 5. The highest BCUT2D eigenvalue weighted by Gasteiger charge is 2.50. The lowest BCUT2D eigenvalue weighted by molar-refractivity contribution is -0.136. The van der Waals surface area contributed by atoms with E-state index in [9.17, 15) is 14.7 Å². The minimum atomic E-state index is -1.87. The molecule has 0 radical (unpaired) electrons. The molecule has 4 rings (SSSR count). The summed E-state index contributed by atoms with van der Waals surface area (Å²) in [5, 5.41) is 11.5. The molecule has 1 N–H and O–H groups in total. The lowest BCUT2D eigenvalue weighted by Crippen LogP contribution is -2.41. The van der Waals surface area contributed by atoms with Crippen LogP contribution in [-0.2, 0) is 16.9 Å². The Morgan fingerprint density at radius 2 is 1.58 bits per heavy atom. The molecule has 0 fully saturated rings. The van der Waals surface area contributed by atoms with Crippen LogP contribution in [0.5, 0.6) is 0 Å². The van der Waals surface area contributed by atoms with Gasteiger partial charge in [-0.15, -0.1) is 0 Å². The number of amides is 1. The van der Waals surface area contributed by atoms with Gasteiger partial charge in [0, 0.05) is 11.1 Å². The number of nitrogens with zero attached hydrogens (tertiary/aromatic N) is 1. The van der Waals surface area contributed by atoms with E-state index in [1.807, 2.05) is 64.1 Å². The Kier molecular flexibility index (Phi) is 5.28. The molecule has 1 aliphatic heterocycles. The smallest absolute Gasteiger partial charge is 0.264 e. The van der Waals surface area contributed by atoms with Crippen LogP contribution in [0.15, 0.2) is 60.7 Å². The highest BCUT2D eigenvalue weighted by molar-refractivity contribution is 6.11. The Morgan fingerprint density at radius 1 is 0.903 bits per heavy atom. The van der Waals surface area contributed by atoms with Crippen molar-refractivity contribution in [1.82, 2.24) is 0 Å². The van der Waals surface area contributed by atoms with Crippen LogP contribution in [-0.4, -0.2) is 16.8 Å². The number of benzene rings is 3.